The maximum absolute atomic E-state index is 12.9. The zero-order valence-corrected chi connectivity index (χ0v) is 17.6. The van der Waals surface area contributed by atoms with Crippen LogP contribution in [0.4, 0.5) is 0 Å². The van der Waals surface area contributed by atoms with Crippen molar-refractivity contribution in [1.82, 2.24) is 14.8 Å². The number of Topliss-reactive ketones (excluding diaryl/α,β-unsaturated/α-hetero) is 1. The molecule has 156 valence electrons. The van der Waals surface area contributed by atoms with Crippen LogP contribution in [0.25, 0.3) is 10.9 Å². The van der Waals surface area contributed by atoms with Crippen LogP contribution < -0.4 is 5.32 Å². The summed E-state index contributed by atoms with van der Waals surface area (Å²) in [6.07, 6.45) is 1.61. The summed E-state index contributed by atoms with van der Waals surface area (Å²) in [5.74, 6) is -1.29. The molecule has 2 aromatic carbocycles. The third-order valence-corrected chi connectivity index (χ3v) is 5.23. The number of nitrogens with zero attached hydrogens (tertiary/aromatic N) is 2. The molecule has 0 atom stereocenters. The Bertz CT molecular complexity index is 1060. The molecule has 1 heterocycles. The van der Waals surface area contributed by atoms with E-state index in [-0.39, 0.29) is 19.0 Å². The second kappa shape index (κ2) is 9.39. The number of carbonyl (C=O) groups is 3. The lowest BCUT2D eigenvalue weighted by Crippen LogP contribution is -2.33. The quantitative estimate of drug-likeness (QED) is 0.462. The molecule has 0 saturated carbocycles. The molecule has 0 bridgehead atoms. The Morgan fingerprint density at radius 1 is 0.967 bits per heavy atom. The van der Waals surface area contributed by atoms with E-state index in [1.54, 1.807) is 21.7 Å². The molecular formula is C24H27N3O3. The highest BCUT2D eigenvalue weighted by atomic mass is 16.2. The van der Waals surface area contributed by atoms with Gasteiger partial charge in [-0.2, -0.15) is 0 Å². The molecule has 0 saturated heterocycles. The van der Waals surface area contributed by atoms with Crippen LogP contribution >= 0.6 is 0 Å². The van der Waals surface area contributed by atoms with E-state index in [4.69, 9.17) is 0 Å². The zero-order chi connectivity index (χ0) is 21.7. The fourth-order valence-electron chi connectivity index (χ4n) is 3.47. The average Bonchev–Trinajstić information content (AvgIpc) is 3.12. The van der Waals surface area contributed by atoms with Crippen LogP contribution in [-0.2, 0) is 22.7 Å². The first-order valence-corrected chi connectivity index (χ1v) is 10.2. The summed E-state index contributed by atoms with van der Waals surface area (Å²) in [4.78, 5) is 39.7. The fourth-order valence-corrected chi connectivity index (χ4v) is 3.47. The van der Waals surface area contributed by atoms with E-state index in [1.165, 1.54) is 0 Å². The highest BCUT2D eigenvalue weighted by Crippen LogP contribution is 2.22. The number of aryl methyl sites for hydroxylation is 1. The third kappa shape index (κ3) is 4.59. The summed E-state index contributed by atoms with van der Waals surface area (Å²) >= 11 is 0. The van der Waals surface area contributed by atoms with Crippen molar-refractivity contribution >= 4 is 28.5 Å². The molecule has 1 N–H and O–H groups in total. The largest absolute Gasteiger partial charge is 0.345 e. The predicted molar refractivity (Wildman–Crippen MR) is 117 cm³/mol. The van der Waals surface area contributed by atoms with Gasteiger partial charge in [0.1, 0.15) is 6.54 Å². The number of para-hydroxylation sites is 1. The van der Waals surface area contributed by atoms with Crippen molar-refractivity contribution in [2.75, 3.05) is 13.1 Å². The predicted octanol–water partition coefficient (Wildman–Crippen LogP) is 3.32. The number of hydrogen-bond donors (Lipinski definition) is 1. The van der Waals surface area contributed by atoms with Crippen LogP contribution in [0.2, 0.25) is 0 Å². The molecule has 2 amide bonds. The second-order valence-corrected chi connectivity index (χ2v) is 7.25. The third-order valence-electron chi connectivity index (χ3n) is 5.23. The highest BCUT2D eigenvalue weighted by molar-refractivity contribution is 6.45. The van der Waals surface area contributed by atoms with E-state index in [0.717, 1.165) is 16.6 Å². The summed E-state index contributed by atoms with van der Waals surface area (Å²) in [5.41, 5.74) is 3.12. The molecule has 30 heavy (non-hydrogen) atoms. The molecule has 3 rings (SSSR count). The minimum absolute atomic E-state index is 0.0245. The number of nitrogens with one attached hydrogen (secondary N) is 1. The van der Waals surface area contributed by atoms with Crippen molar-refractivity contribution < 1.29 is 14.4 Å². The molecule has 0 aliphatic rings. The van der Waals surface area contributed by atoms with Crippen molar-refractivity contribution in [2.45, 2.75) is 33.9 Å². The number of likely N-dealkylation sites (N-methyl/N-ethyl adjacent to an activating group) is 1. The topological polar surface area (TPSA) is 71.4 Å². The second-order valence-electron chi connectivity index (χ2n) is 7.25. The van der Waals surface area contributed by atoms with Gasteiger partial charge in [-0.05, 0) is 32.4 Å². The van der Waals surface area contributed by atoms with Crippen LogP contribution in [-0.4, -0.2) is 40.2 Å². The lowest BCUT2D eigenvalue weighted by molar-refractivity contribution is -0.131. The molecule has 0 spiro atoms. The molecule has 1 aromatic heterocycles. The van der Waals surface area contributed by atoms with Crippen LogP contribution in [0, 0.1) is 6.92 Å². The molecule has 0 unspecified atom stereocenters. The number of hydrogen-bond acceptors (Lipinski definition) is 3. The molecule has 6 nitrogen and oxygen atoms in total. The summed E-state index contributed by atoms with van der Waals surface area (Å²) in [5, 5.41) is 3.36. The van der Waals surface area contributed by atoms with Gasteiger partial charge in [0, 0.05) is 36.7 Å². The molecule has 0 fully saturated rings. The zero-order valence-electron chi connectivity index (χ0n) is 17.6. The molecule has 0 aliphatic heterocycles. The van der Waals surface area contributed by atoms with Gasteiger partial charge in [0.15, 0.2) is 0 Å². The molecule has 0 radical (unpaired) electrons. The first-order valence-electron chi connectivity index (χ1n) is 10.2. The number of carbonyl (C=O) groups excluding carboxylic acids is 3. The van der Waals surface area contributed by atoms with Crippen LogP contribution in [0.3, 0.4) is 0 Å². The summed E-state index contributed by atoms with van der Waals surface area (Å²) in [6, 6.07) is 15.1. The van der Waals surface area contributed by atoms with E-state index >= 15 is 0 Å². The van der Waals surface area contributed by atoms with Crippen LogP contribution in [0.1, 0.15) is 35.3 Å². The molecule has 3 aromatic rings. The number of benzene rings is 2. The molecule has 0 aliphatic carbocycles. The van der Waals surface area contributed by atoms with Crippen molar-refractivity contribution in [3.8, 4) is 0 Å². The maximum atomic E-state index is 12.9. The van der Waals surface area contributed by atoms with Crippen LogP contribution in [0.15, 0.2) is 54.7 Å². The summed E-state index contributed by atoms with van der Waals surface area (Å²) in [7, 11) is 0. The van der Waals surface area contributed by atoms with Crippen molar-refractivity contribution in [3.05, 3.63) is 71.4 Å². The van der Waals surface area contributed by atoms with E-state index in [0.29, 0.717) is 24.0 Å². The fraction of sp³-hybridized carbons (Fsp3) is 0.292. The summed E-state index contributed by atoms with van der Waals surface area (Å²) < 4.78 is 1.75. The first kappa shape index (κ1) is 21.3. The summed E-state index contributed by atoms with van der Waals surface area (Å²) in [6.45, 7) is 7.52. The van der Waals surface area contributed by atoms with Gasteiger partial charge >= 0.3 is 0 Å². The van der Waals surface area contributed by atoms with Crippen molar-refractivity contribution in [1.29, 1.82) is 0 Å². The normalized spacial score (nSPS) is 10.8. The van der Waals surface area contributed by atoms with E-state index in [9.17, 15) is 14.4 Å². The Morgan fingerprint density at radius 3 is 2.30 bits per heavy atom. The standard InChI is InChI=1S/C24H27N3O3/c1-4-26(5-2)22(28)16-27-15-20(19-8-6-7-9-21(19)27)23(29)24(30)25-14-18-12-10-17(3)11-13-18/h6-13,15H,4-5,14,16H2,1-3H3,(H,25,30). The minimum atomic E-state index is -0.659. The van der Waals surface area contributed by atoms with E-state index in [2.05, 4.69) is 5.32 Å². The Hall–Kier alpha value is -3.41. The van der Waals surface area contributed by atoms with E-state index < -0.39 is 11.7 Å². The number of fused-ring (bicyclic) bond motifs is 1. The maximum Gasteiger partial charge on any atom is 0.292 e. The smallest absolute Gasteiger partial charge is 0.292 e. The number of rotatable bonds is 8. The SMILES string of the molecule is CCN(CC)C(=O)Cn1cc(C(=O)C(=O)NCc2ccc(C)cc2)c2ccccc21. The number of amides is 2. The number of aromatic nitrogens is 1. The van der Waals surface area contributed by atoms with Gasteiger partial charge in [0.05, 0.1) is 5.56 Å². The van der Waals surface area contributed by atoms with E-state index in [1.807, 2.05) is 63.2 Å². The van der Waals surface area contributed by atoms with Crippen molar-refractivity contribution in [3.63, 3.8) is 0 Å². The van der Waals surface area contributed by atoms with Gasteiger partial charge < -0.3 is 14.8 Å². The van der Waals surface area contributed by atoms with Gasteiger partial charge in [0.2, 0.25) is 5.91 Å². The lowest BCUT2D eigenvalue weighted by Gasteiger charge is -2.19. The van der Waals surface area contributed by atoms with Gasteiger partial charge in [-0.15, -0.1) is 0 Å². The Balaban J connectivity index is 1.80. The van der Waals surface area contributed by atoms with Gasteiger partial charge in [-0.3, -0.25) is 14.4 Å². The minimum Gasteiger partial charge on any atom is -0.345 e. The molecule has 6 heteroatoms. The van der Waals surface area contributed by atoms with Gasteiger partial charge in [-0.1, -0.05) is 48.0 Å². The number of ketones is 1. The first-order chi connectivity index (χ1) is 14.4. The Morgan fingerprint density at radius 2 is 1.63 bits per heavy atom. The van der Waals surface area contributed by atoms with Crippen molar-refractivity contribution in [2.24, 2.45) is 0 Å². The van der Waals surface area contributed by atoms with Gasteiger partial charge in [0.25, 0.3) is 11.7 Å². The van der Waals surface area contributed by atoms with Crippen LogP contribution in [0.5, 0.6) is 0 Å². The monoisotopic (exact) mass is 405 g/mol. The average molecular weight is 405 g/mol. The Labute approximate surface area is 176 Å². The molecular weight excluding hydrogens is 378 g/mol. The highest BCUT2D eigenvalue weighted by Gasteiger charge is 2.22. The Kier molecular flexibility index (Phi) is 6.67. The van der Waals surface area contributed by atoms with Gasteiger partial charge in [-0.25, -0.2) is 0 Å². The lowest BCUT2D eigenvalue weighted by atomic mass is 10.1.